The molecular weight excluding hydrogens is 288 g/mol. The number of nitrogens with one attached hydrogen (secondary N) is 2. The van der Waals surface area contributed by atoms with E-state index in [-0.39, 0.29) is 13.2 Å². The van der Waals surface area contributed by atoms with E-state index < -0.39 is 17.6 Å². The Morgan fingerprint density at radius 1 is 0.947 bits per heavy atom. The minimum atomic E-state index is -0.498. The molecule has 0 aromatic heterocycles. The first kappa shape index (κ1) is 18.2. The number of alkyl carbamates (subject to hydrolysis) is 2. The van der Waals surface area contributed by atoms with Crippen LogP contribution in [0, 0.1) is 5.41 Å². The normalized spacial score (nSPS) is 10.7. The highest BCUT2D eigenvalue weighted by atomic mass is 32.1. The lowest BCUT2D eigenvalue weighted by Gasteiger charge is -2.23. The van der Waals surface area contributed by atoms with Crippen LogP contribution in [0.25, 0.3) is 0 Å². The Kier molecular flexibility index (Phi) is 9.68. The summed E-state index contributed by atoms with van der Waals surface area (Å²) in [5.74, 6) is 1.10. The molecule has 0 rings (SSSR count). The molecule has 112 valence electrons. The lowest BCUT2D eigenvalue weighted by Crippen LogP contribution is -2.35. The van der Waals surface area contributed by atoms with Crippen LogP contribution in [0.15, 0.2) is 0 Å². The largest absolute Gasteiger partial charge is 0.449 e. The molecule has 0 saturated carbocycles. The van der Waals surface area contributed by atoms with Crippen LogP contribution in [0.3, 0.4) is 0 Å². The average Bonchev–Trinajstić information content (AvgIpc) is 2.38. The minimum absolute atomic E-state index is 0.158. The van der Waals surface area contributed by atoms with Crippen LogP contribution in [0.4, 0.5) is 9.59 Å². The van der Waals surface area contributed by atoms with Crippen molar-refractivity contribution in [2.75, 3.05) is 37.8 Å². The van der Waals surface area contributed by atoms with E-state index in [0.717, 1.165) is 0 Å². The van der Waals surface area contributed by atoms with Gasteiger partial charge in [0.2, 0.25) is 0 Å². The van der Waals surface area contributed by atoms with E-state index in [2.05, 4.69) is 35.9 Å². The van der Waals surface area contributed by atoms with Crippen molar-refractivity contribution in [2.24, 2.45) is 5.41 Å². The van der Waals surface area contributed by atoms with E-state index in [1.54, 1.807) is 0 Å². The fourth-order valence-electron chi connectivity index (χ4n) is 0.981. The van der Waals surface area contributed by atoms with E-state index in [4.69, 9.17) is 9.47 Å². The summed E-state index contributed by atoms with van der Waals surface area (Å²) in [6.07, 6.45) is -0.997. The Morgan fingerprint density at radius 3 is 1.63 bits per heavy atom. The van der Waals surface area contributed by atoms with E-state index in [9.17, 15) is 9.59 Å². The molecule has 0 radical (unpaired) electrons. The van der Waals surface area contributed by atoms with Crippen LogP contribution in [-0.4, -0.2) is 50.0 Å². The van der Waals surface area contributed by atoms with Crippen LogP contribution in [-0.2, 0) is 9.47 Å². The van der Waals surface area contributed by atoms with Gasteiger partial charge < -0.3 is 20.1 Å². The SMILES string of the molecule is CC(C)(COC(=O)NCCS)COC(=O)NCCS. The zero-order valence-corrected chi connectivity index (χ0v) is 13.1. The van der Waals surface area contributed by atoms with Crippen molar-refractivity contribution in [1.82, 2.24) is 10.6 Å². The lowest BCUT2D eigenvalue weighted by molar-refractivity contribution is 0.0470. The number of rotatable bonds is 8. The molecule has 0 aromatic carbocycles. The van der Waals surface area contributed by atoms with Gasteiger partial charge >= 0.3 is 12.2 Å². The maximum Gasteiger partial charge on any atom is 0.407 e. The predicted octanol–water partition coefficient (Wildman–Crippen LogP) is 1.32. The van der Waals surface area contributed by atoms with Gasteiger partial charge in [0, 0.05) is 30.0 Å². The molecule has 0 aliphatic heterocycles. The van der Waals surface area contributed by atoms with Gasteiger partial charge in [0.15, 0.2) is 0 Å². The third-order valence-corrected chi connectivity index (χ3v) is 2.40. The maximum absolute atomic E-state index is 11.2. The second-order valence-electron chi connectivity index (χ2n) is 4.62. The molecule has 8 heteroatoms. The molecule has 0 spiro atoms. The standard InChI is InChI=1S/C11H22N2O4S2/c1-11(2,7-16-9(14)12-3-5-18)8-17-10(15)13-4-6-19/h18-19H,3-8H2,1-2H3,(H,12,14)(H,13,15). The topological polar surface area (TPSA) is 76.7 Å². The van der Waals surface area contributed by atoms with Crippen LogP contribution in [0.2, 0.25) is 0 Å². The molecule has 2 N–H and O–H groups in total. The van der Waals surface area contributed by atoms with E-state index in [1.165, 1.54) is 0 Å². The monoisotopic (exact) mass is 310 g/mol. The quantitative estimate of drug-likeness (QED) is 0.510. The molecule has 0 saturated heterocycles. The van der Waals surface area contributed by atoms with Gasteiger partial charge in [-0.15, -0.1) is 0 Å². The molecule has 0 aliphatic carbocycles. The van der Waals surface area contributed by atoms with Crippen molar-refractivity contribution in [2.45, 2.75) is 13.8 Å². The minimum Gasteiger partial charge on any atom is -0.449 e. The number of amides is 2. The Labute approximate surface area is 124 Å². The molecule has 6 nitrogen and oxygen atoms in total. The van der Waals surface area contributed by atoms with Crippen LogP contribution in [0.5, 0.6) is 0 Å². The number of carbonyl (C=O) groups excluding carboxylic acids is 2. The summed E-state index contributed by atoms with van der Waals surface area (Å²) in [5, 5.41) is 5.06. The zero-order valence-electron chi connectivity index (χ0n) is 11.3. The Morgan fingerprint density at radius 2 is 1.32 bits per heavy atom. The van der Waals surface area contributed by atoms with Gasteiger partial charge in [0.25, 0.3) is 0 Å². The fourth-order valence-corrected chi connectivity index (χ4v) is 1.21. The number of hydrogen-bond acceptors (Lipinski definition) is 6. The van der Waals surface area contributed by atoms with Gasteiger partial charge in [-0.1, -0.05) is 13.8 Å². The third kappa shape index (κ3) is 10.8. The highest BCUT2D eigenvalue weighted by Crippen LogP contribution is 2.16. The first-order valence-electron chi connectivity index (χ1n) is 5.94. The molecule has 0 fully saturated rings. The summed E-state index contributed by atoms with van der Waals surface area (Å²) in [5.41, 5.74) is -0.448. The van der Waals surface area contributed by atoms with Crippen LogP contribution >= 0.6 is 25.3 Å². The van der Waals surface area contributed by atoms with Crippen molar-refractivity contribution in [1.29, 1.82) is 0 Å². The van der Waals surface area contributed by atoms with Gasteiger partial charge in [-0.2, -0.15) is 25.3 Å². The van der Waals surface area contributed by atoms with Crippen LogP contribution < -0.4 is 10.6 Å². The number of carbonyl (C=O) groups is 2. The number of hydrogen-bond donors (Lipinski definition) is 4. The second-order valence-corrected chi connectivity index (χ2v) is 5.51. The molecule has 2 amide bonds. The van der Waals surface area contributed by atoms with Gasteiger partial charge in [0.05, 0.1) is 0 Å². The van der Waals surface area contributed by atoms with Crippen LogP contribution in [0.1, 0.15) is 13.8 Å². The zero-order chi connectivity index (χ0) is 14.7. The molecule has 0 bridgehead atoms. The molecule has 0 unspecified atom stereocenters. The first-order valence-corrected chi connectivity index (χ1v) is 7.21. The molecule has 0 atom stereocenters. The summed E-state index contributed by atoms with van der Waals surface area (Å²) in [6.45, 7) is 4.89. The maximum atomic E-state index is 11.2. The fraction of sp³-hybridized carbons (Fsp3) is 0.818. The third-order valence-electron chi connectivity index (χ3n) is 1.95. The van der Waals surface area contributed by atoms with Gasteiger partial charge in [0.1, 0.15) is 13.2 Å². The van der Waals surface area contributed by atoms with Crippen molar-refractivity contribution >= 4 is 37.4 Å². The molecule has 0 aliphatic rings. The van der Waals surface area contributed by atoms with Crippen molar-refractivity contribution in [3.63, 3.8) is 0 Å². The number of ether oxygens (including phenoxy) is 2. The summed E-state index contributed by atoms with van der Waals surface area (Å²) in [7, 11) is 0. The van der Waals surface area contributed by atoms with Gasteiger partial charge in [-0.05, 0) is 0 Å². The Balaban J connectivity index is 3.84. The second kappa shape index (κ2) is 10.1. The lowest BCUT2D eigenvalue weighted by atomic mass is 9.96. The van der Waals surface area contributed by atoms with Crippen molar-refractivity contribution in [3.8, 4) is 0 Å². The Hall–Kier alpha value is -0.760. The van der Waals surface area contributed by atoms with E-state index in [0.29, 0.717) is 24.6 Å². The molecular formula is C11H22N2O4S2. The smallest absolute Gasteiger partial charge is 0.407 e. The van der Waals surface area contributed by atoms with Gasteiger partial charge in [-0.25, -0.2) is 9.59 Å². The average molecular weight is 310 g/mol. The molecule has 19 heavy (non-hydrogen) atoms. The molecule has 0 aromatic rings. The number of thiol groups is 2. The first-order chi connectivity index (χ1) is 8.91. The van der Waals surface area contributed by atoms with E-state index >= 15 is 0 Å². The summed E-state index contributed by atoms with van der Waals surface area (Å²) in [4.78, 5) is 22.5. The van der Waals surface area contributed by atoms with Crippen molar-refractivity contribution in [3.05, 3.63) is 0 Å². The summed E-state index contributed by atoms with van der Waals surface area (Å²) >= 11 is 7.93. The highest BCUT2D eigenvalue weighted by Gasteiger charge is 2.22. The summed E-state index contributed by atoms with van der Waals surface area (Å²) in [6, 6.07) is 0. The summed E-state index contributed by atoms with van der Waals surface area (Å²) < 4.78 is 10.0. The highest BCUT2D eigenvalue weighted by molar-refractivity contribution is 7.80. The Bertz CT molecular complexity index is 262. The van der Waals surface area contributed by atoms with Crippen molar-refractivity contribution < 1.29 is 19.1 Å². The molecule has 0 heterocycles. The van der Waals surface area contributed by atoms with E-state index in [1.807, 2.05) is 13.8 Å². The van der Waals surface area contributed by atoms with Gasteiger partial charge in [-0.3, -0.25) is 0 Å². The predicted molar refractivity (Wildman–Crippen MR) is 80.2 cm³/mol.